The van der Waals surface area contributed by atoms with Crippen molar-refractivity contribution in [2.75, 3.05) is 16.5 Å². The Morgan fingerprint density at radius 2 is 1.32 bits per heavy atom. The standard InChI is InChI=1S/C13H10N4O2/c18-12-13(19)17(11-4-2-6-15-8-11)9-16(12)10-3-1-5-14-7-10/h1-8H,9H2. The van der Waals surface area contributed by atoms with Gasteiger partial charge in [-0.05, 0) is 24.3 Å². The topological polar surface area (TPSA) is 66.4 Å². The predicted octanol–water partition coefficient (Wildman–Crippen LogP) is 0.814. The van der Waals surface area contributed by atoms with Crippen molar-refractivity contribution in [2.45, 2.75) is 0 Å². The van der Waals surface area contributed by atoms with Gasteiger partial charge in [-0.25, -0.2) is 0 Å². The molecule has 0 radical (unpaired) electrons. The molecule has 3 heterocycles. The molecule has 0 atom stereocenters. The first-order chi connectivity index (χ1) is 9.27. The average Bonchev–Trinajstić information content (AvgIpc) is 2.77. The zero-order chi connectivity index (χ0) is 13.2. The van der Waals surface area contributed by atoms with Crippen LogP contribution in [0.5, 0.6) is 0 Å². The summed E-state index contributed by atoms with van der Waals surface area (Å²) in [6.45, 7) is 0.176. The highest BCUT2D eigenvalue weighted by Crippen LogP contribution is 2.23. The van der Waals surface area contributed by atoms with Gasteiger partial charge in [0.1, 0.15) is 6.67 Å². The second kappa shape index (κ2) is 4.49. The van der Waals surface area contributed by atoms with Crippen LogP contribution in [0.1, 0.15) is 0 Å². The van der Waals surface area contributed by atoms with Gasteiger partial charge < -0.3 is 0 Å². The van der Waals surface area contributed by atoms with E-state index in [2.05, 4.69) is 9.97 Å². The van der Waals surface area contributed by atoms with E-state index in [0.717, 1.165) is 0 Å². The molecule has 1 aliphatic rings. The van der Waals surface area contributed by atoms with Crippen LogP contribution < -0.4 is 9.80 Å². The lowest BCUT2D eigenvalue weighted by molar-refractivity contribution is -0.133. The zero-order valence-corrected chi connectivity index (χ0v) is 9.93. The lowest BCUT2D eigenvalue weighted by Crippen LogP contribution is -2.26. The first-order valence-corrected chi connectivity index (χ1v) is 5.71. The molecule has 1 aliphatic heterocycles. The molecule has 0 saturated carbocycles. The number of hydrogen-bond acceptors (Lipinski definition) is 4. The largest absolute Gasteiger partial charge is 0.318 e. The van der Waals surface area contributed by atoms with Crippen molar-refractivity contribution in [3.63, 3.8) is 0 Å². The molecule has 1 fully saturated rings. The predicted molar refractivity (Wildman–Crippen MR) is 68.3 cm³/mol. The highest BCUT2D eigenvalue weighted by atomic mass is 16.2. The van der Waals surface area contributed by atoms with Gasteiger partial charge in [0.15, 0.2) is 0 Å². The summed E-state index contributed by atoms with van der Waals surface area (Å²) in [6, 6.07) is 6.93. The Bertz CT molecular complexity index is 560. The number of carbonyl (C=O) groups is 2. The van der Waals surface area contributed by atoms with E-state index < -0.39 is 11.8 Å². The Labute approximate surface area is 109 Å². The molecule has 0 spiro atoms. The third-order valence-corrected chi connectivity index (χ3v) is 2.87. The summed E-state index contributed by atoms with van der Waals surface area (Å²) in [4.78, 5) is 34.6. The minimum atomic E-state index is -0.558. The lowest BCUT2D eigenvalue weighted by atomic mass is 10.4. The highest BCUT2D eigenvalue weighted by molar-refractivity contribution is 6.47. The molecular weight excluding hydrogens is 244 g/mol. The molecule has 0 aliphatic carbocycles. The van der Waals surface area contributed by atoms with Crippen LogP contribution in [-0.2, 0) is 9.59 Å². The van der Waals surface area contributed by atoms with E-state index in [-0.39, 0.29) is 6.67 Å². The number of carbonyl (C=O) groups excluding carboxylic acids is 2. The quantitative estimate of drug-likeness (QED) is 0.744. The van der Waals surface area contributed by atoms with Crippen LogP contribution in [0.2, 0.25) is 0 Å². The van der Waals surface area contributed by atoms with Crippen LogP contribution >= 0.6 is 0 Å². The Hall–Kier alpha value is -2.76. The normalized spacial score (nSPS) is 15.2. The fourth-order valence-corrected chi connectivity index (χ4v) is 1.93. The summed E-state index contributed by atoms with van der Waals surface area (Å²) < 4.78 is 0. The van der Waals surface area contributed by atoms with Crippen molar-refractivity contribution in [1.29, 1.82) is 0 Å². The van der Waals surface area contributed by atoms with Crippen LogP contribution in [0.15, 0.2) is 49.1 Å². The minimum absolute atomic E-state index is 0.176. The molecule has 1 saturated heterocycles. The summed E-state index contributed by atoms with van der Waals surface area (Å²) in [6.07, 6.45) is 6.34. The molecule has 0 bridgehead atoms. The molecular formula is C13H10N4O2. The summed E-state index contributed by atoms with van der Waals surface area (Å²) in [5.74, 6) is -1.12. The van der Waals surface area contributed by atoms with Gasteiger partial charge in [-0.2, -0.15) is 0 Å². The monoisotopic (exact) mass is 254 g/mol. The van der Waals surface area contributed by atoms with Crippen molar-refractivity contribution in [3.05, 3.63) is 49.1 Å². The molecule has 2 aromatic heterocycles. The molecule has 0 aromatic carbocycles. The van der Waals surface area contributed by atoms with Gasteiger partial charge in [0, 0.05) is 12.4 Å². The summed E-state index contributed by atoms with van der Waals surface area (Å²) in [5, 5.41) is 0. The van der Waals surface area contributed by atoms with Gasteiger partial charge in [0.2, 0.25) is 0 Å². The van der Waals surface area contributed by atoms with E-state index >= 15 is 0 Å². The summed E-state index contributed by atoms with van der Waals surface area (Å²) in [5.41, 5.74) is 1.21. The number of hydrogen-bond donors (Lipinski definition) is 0. The summed E-state index contributed by atoms with van der Waals surface area (Å²) >= 11 is 0. The van der Waals surface area contributed by atoms with Crippen LogP contribution in [0.4, 0.5) is 11.4 Å². The smallest absolute Gasteiger partial charge is 0.284 e. The maximum absolute atomic E-state index is 12.0. The van der Waals surface area contributed by atoms with Crippen molar-refractivity contribution >= 4 is 23.2 Å². The molecule has 0 unspecified atom stereocenters. The maximum Gasteiger partial charge on any atom is 0.318 e. The van der Waals surface area contributed by atoms with Crippen LogP contribution in [0.25, 0.3) is 0 Å². The Kier molecular flexibility index (Phi) is 2.68. The number of amides is 2. The fraction of sp³-hybridized carbons (Fsp3) is 0.0769. The van der Waals surface area contributed by atoms with Gasteiger partial charge >= 0.3 is 11.8 Å². The second-order valence-corrected chi connectivity index (χ2v) is 4.03. The van der Waals surface area contributed by atoms with E-state index in [4.69, 9.17) is 0 Å². The molecule has 3 rings (SSSR count). The molecule has 2 aromatic rings. The molecule has 2 amide bonds. The first kappa shape index (κ1) is 11.3. The Balaban J connectivity index is 1.92. The molecule has 6 nitrogen and oxygen atoms in total. The van der Waals surface area contributed by atoms with Gasteiger partial charge in [-0.1, -0.05) is 0 Å². The third-order valence-electron chi connectivity index (χ3n) is 2.87. The van der Waals surface area contributed by atoms with Gasteiger partial charge in [0.25, 0.3) is 0 Å². The maximum atomic E-state index is 12.0. The van der Waals surface area contributed by atoms with Crippen molar-refractivity contribution in [1.82, 2.24) is 9.97 Å². The van der Waals surface area contributed by atoms with Crippen LogP contribution in [0, 0.1) is 0 Å². The molecule has 94 valence electrons. The number of pyridine rings is 2. The van der Waals surface area contributed by atoms with E-state index in [9.17, 15) is 9.59 Å². The van der Waals surface area contributed by atoms with E-state index in [1.807, 2.05) is 0 Å². The highest BCUT2D eigenvalue weighted by Gasteiger charge is 2.38. The number of nitrogens with zero attached hydrogens (tertiary/aromatic N) is 4. The van der Waals surface area contributed by atoms with Gasteiger partial charge in [0.05, 0.1) is 23.8 Å². The van der Waals surface area contributed by atoms with Crippen LogP contribution in [-0.4, -0.2) is 28.5 Å². The van der Waals surface area contributed by atoms with Gasteiger partial charge in [-0.15, -0.1) is 0 Å². The Morgan fingerprint density at radius 3 is 1.68 bits per heavy atom. The van der Waals surface area contributed by atoms with E-state index in [1.54, 1.807) is 49.1 Å². The Morgan fingerprint density at radius 1 is 0.842 bits per heavy atom. The number of anilines is 2. The average molecular weight is 254 g/mol. The van der Waals surface area contributed by atoms with Crippen molar-refractivity contribution in [2.24, 2.45) is 0 Å². The fourth-order valence-electron chi connectivity index (χ4n) is 1.93. The number of rotatable bonds is 2. The SMILES string of the molecule is O=C1C(=O)N(c2cccnc2)CN1c1cccnc1. The third kappa shape index (κ3) is 1.93. The molecule has 19 heavy (non-hydrogen) atoms. The zero-order valence-electron chi connectivity index (χ0n) is 9.93. The first-order valence-electron chi connectivity index (χ1n) is 5.71. The summed E-state index contributed by atoms with van der Waals surface area (Å²) in [7, 11) is 0. The molecule has 0 N–H and O–H groups in total. The van der Waals surface area contributed by atoms with Crippen molar-refractivity contribution < 1.29 is 9.59 Å². The van der Waals surface area contributed by atoms with E-state index in [1.165, 1.54) is 9.80 Å². The molecule has 6 heteroatoms. The minimum Gasteiger partial charge on any atom is -0.284 e. The number of aromatic nitrogens is 2. The van der Waals surface area contributed by atoms with Crippen molar-refractivity contribution in [3.8, 4) is 0 Å². The van der Waals surface area contributed by atoms with E-state index in [0.29, 0.717) is 11.4 Å². The second-order valence-electron chi connectivity index (χ2n) is 4.03. The van der Waals surface area contributed by atoms with Crippen LogP contribution in [0.3, 0.4) is 0 Å². The van der Waals surface area contributed by atoms with Gasteiger partial charge in [-0.3, -0.25) is 29.4 Å². The lowest BCUT2D eigenvalue weighted by Gasteiger charge is -2.17.